The number of hydrogen-bond acceptors (Lipinski definition) is 3. The Hall–Kier alpha value is -1.80. The van der Waals surface area contributed by atoms with Crippen LogP contribution in [0, 0.1) is 17.1 Å². The number of nitrogens with zero attached hydrogens (tertiary/aromatic N) is 3. The van der Waals surface area contributed by atoms with Gasteiger partial charge in [-0.05, 0) is 17.7 Å². The van der Waals surface area contributed by atoms with Crippen molar-refractivity contribution in [2.75, 3.05) is 0 Å². The lowest BCUT2D eigenvalue weighted by Crippen LogP contribution is -1.92. The fourth-order valence-corrected chi connectivity index (χ4v) is 2.29. The SMILES string of the molecule is Cn1ccnc1SCc1ccc(C#N)cc1F. The van der Waals surface area contributed by atoms with Crippen molar-refractivity contribution in [3.8, 4) is 6.07 Å². The normalized spacial score (nSPS) is 10.2. The predicted molar refractivity (Wildman–Crippen MR) is 63.9 cm³/mol. The molecule has 5 heteroatoms. The first kappa shape index (κ1) is 11.7. The van der Waals surface area contributed by atoms with Crippen molar-refractivity contribution in [1.29, 1.82) is 5.26 Å². The molecule has 0 aliphatic rings. The maximum absolute atomic E-state index is 13.6. The summed E-state index contributed by atoms with van der Waals surface area (Å²) in [6.45, 7) is 0. The quantitative estimate of drug-likeness (QED) is 0.783. The molecule has 0 amide bonds. The number of rotatable bonds is 3. The maximum atomic E-state index is 13.6. The summed E-state index contributed by atoms with van der Waals surface area (Å²) in [6, 6.07) is 6.43. The van der Waals surface area contributed by atoms with Crippen LogP contribution in [0.15, 0.2) is 35.7 Å². The van der Waals surface area contributed by atoms with Crippen molar-refractivity contribution in [3.63, 3.8) is 0 Å². The molecule has 0 aliphatic carbocycles. The Bertz CT molecular complexity index is 571. The van der Waals surface area contributed by atoms with Gasteiger partial charge in [0, 0.05) is 25.2 Å². The molecule has 0 saturated heterocycles. The Morgan fingerprint density at radius 1 is 1.53 bits per heavy atom. The van der Waals surface area contributed by atoms with E-state index in [2.05, 4.69) is 4.98 Å². The molecule has 2 aromatic rings. The number of nitriles is 1. The monoisotopic (exact) mass is 247 g/mol. The first-order valence-corrected chi connectivity index (χ1v) is 5.98. The van der Waals surface area contributed by atoms with Crippen LogP contribution in [0.3, 0.4) is 0 Å². The third kappa shape index (κ3) is 2.66. The van der Waals surface area contributed by atoms with E-state index in [1.807, 2.05) is 23.9 Å². The average Bonchev–Trinajstić information content (AvgIpc) is 2.73. The molecule has 0 unspecified atom stereocenters. The number of halogens is 1. The van der Waals surface area contributed by atoms with Crippen LogP contribution in [0.4, 0.5) is 4.39 Å². The molecular formula is C12H10FN3S. The van der Waals surface area contributed by atoms with Crippen LogP contribution in [0.25, 0.3) is 0 Å². The molecule has 1 aromatic carbocycles. The average molecular weight is 247 g/mol. The van der Waals surface area contributed by atoms with Gasteiger partial charge in [0.25, 0.3) is 0 Å². The minimum Gasteiger partial charge on any atom is -0.329 e. The molecule has 0 N–H and O–H groups in total. The zero-order valence-electron chi connectivity index (χ0n) is 9.22. The third-order valence-electron chi connectivity index (χ3n) is 2.32. The summed E-state index contributed by atoms with van der Waals surface area (Å²) >= 11 is 1.46. The van der Waals surface area contributed by atoms with Crippen LogP contribution >= 0.6 is 11.8 Å². The van der Waals surface area contributed by atoms with Gasteiger partial charge < -0.3 is 4.57 Å². The van der Waals surface area contributed by atoms with Gasteiger partial charge >= 0.3 is 0 Å². The molecule has 0 fully saturated rings. The lowest BCUT2D eigenvalue weighted by atomic mass is 10.1. The summed E-state index contributed by atoms with van der Waals surface area (Å²) in [5.74, 6) is 0.160. The smallest absolute Gasteiger partial charge is 0.167 e. The summed E-state index contributed by atoms with van der Waals surface area (Å²) in [5.41, 5.74) is 0.922. The van der Waals surface area contributed by atoms with Crippen molar-refractivity contribution < 1.29 is 4.39 Å². The molecule has 0 saturated carbocycles. The van der Waals surface area contributed by atoms with Crippen LogP contribution in [0.1, 0.15) is 11.1 Å². The molecule has 1 aromatic heterocycles. The molecule has 0 bridgehead atoms. The minimum absolute atomic E-state index is 0.341. The van der Waals surface area contributed by atoms with Crippen LogP contribution in [0.2, 0.25) is 0 Å². The number of hydrogen-bond donors (Lipinski definition) is 0. The van der Waals surface area contributed by atoms with E-state index >= 15 is 0 Å². The van der Waals surface area contributed by atoms with Crippen molar-refractivity contribution in [2.24, 2.45) is 7.05 Å². The number of aryl methyl sites for hydroxylation is 1. The van der Waals surface area contributed by atoms with Gasteiger partial charge in [0.05, 0.1) is 11.6 Å². The molecule has 0 spiro atoms. The maximum Gasteiger partial charge on any atom is 0.167 e. The van der Waals surface area contributed by atoms with Crippen LogP contribution in [-0.4, -0.2) is 9.55 Å². The Balaban J connectivity index is 2.10. The molecule has 86 valence electrons. The van der Waals surface area contributed by atoms with Crippen LogP contribution in [-0.2, 0) is 12.8 Å². The number of imidazole rings is 1. The Labute approximate surface area is 103 Å². The van der Waals surface area contributed by atoms with Gasteiger partial charge in [0.2, 0.25) is 0 Å². The number of benzene rings is 1. The first-order valence-electron chi connectivity index (χ1n) is 4.99. The second-order valence-electron chi connectivity index (χ2n) is 3.53. The Morgan fingerprint density at radius 3 is 2.94 bits per heavy atom. The van der Waals surface area contributed by atoms with Crippen molar-refractivity contribution in [3.05, 3.63) is 47.5 Å². The molecule has 0 atom stereocenters. The van der Waals surface area contributed by atoms with Gasteiger partial charge in [0.1, 0.15) is 5.82 Å². The van der Waals surface area contributed by atoms with E-state index in [4.69, 9.17) is 5.26 Å². The first-order chi connectivity index (χ1) is 8.20. The molecule has 0 radical (unpaired) electrons. The van der Waals surface area contributed by atoms with E-state index in [1.54, 1.807) is 18.3 Å². The highest BCUT2D eigenvalue weighted by Gasteiger charge is 2.06. The molecular weight excluding hydrogens is 237 g/mol. The highest BCUT2D eigenvalue weighted by Crippen LogP contribution is 2.22. The van der Waals surface area contributed by atoms with E-state index < -0.39 is 0 Å². The summed E-state index contributed by atoms with van der Waals surface area (Å²) in [5, 5.41) is 9.48. The van der Waals surface area contributed by atoms with Gasteiger partial charge in [-0.25, -0.2) is 9.37 Å². The predicted octanol–water partition coefficient (Wildman–Crippen LogP) is 2.72. The van der Waals surface area contributed by atoms with Gasteiger partial charge in [0.15, 0.2) is 5.16 Å². The Morgan fingerprint density at radius 2 is 2.35 bits per heavy atom. The second-order valence-corrected chi connectivity index (χ2v) is 4.47. The summed E-state index contributed by atoms with van der Waals surface area (Å²) in [6.07, 6.45) is 3.55. The lowest BCUT2D eigenvalue weighted by Gasteiger charge is -2.03. The highest BCUT2D eigenvalue weighted by molar-refractivity contribution is 7.98. The van der Waals surface area contributed by atoms with E-state index in [-0.39, 0.29) is 5.82 Å². The molecule has 17 heavy (non-hydrogen) atoms. The Kier molecular flexibility index (Phi) is 3.45. The summed E-state index contributed by atoms with van der Waals surface area (Å²) < 4.78 is 15.5. The van der Waals surface area contributed by atoms with Crippen molar-refractivity contribution in [2.45, 2.75) is 10.9 Å². The molecule has 2 rings (SSSR count). The van der Waals surface area contributed by atoms with Gasteiger partial charge in [-0.3, -0.25) is 0 Å². The molecule has 0 aliphatic heterocycles. The standard InChI is InChI=1S/C12H10FN3S/c1-16-5-4-15-12(16)17-8-10-3-2-9(7-14)6-11(10)13/h2-6H,8H2,1H3. The van der Waals surface area contributed by atoms with E-state index in [9.17, 15) is 4.39 Å². The van der Waals surface area contributed by atoms with Crippen molar-refractivity contribution >= 4 is 11.8 Å². The fraction of sp³-hybridized carbons (Fsp3) is 0.167. The van der Waals surface area contributed by atoms with Gasteiger partial charge in [-0.2, -0.15) is 5.26 Å². The zero-order chi connectivity index (χ0) is 12.3. The van der Waals surface area contributed by atoms with E-state index in [0.717, 1.165) is 5.16 Å². The van der Waals surface area contributed by atoms with Gasteiger partial charge in [-0.15, -0.1) is 0 Å². The topological polar surface area (TPSA) is 41.6 Å². The fourth-order valence-electron chi connectivity index (χ4n) is 1.37. The zero-order valence-corrected chi connectivity index (χ0v) is 10.0. The van der Waals surface area contributed by atoms with Crippen molar-refractivity contribution in [1.82, 2.24) is 9.55 Å². The second kappa shape index (κ2) is 5.02. The lowest BCUT2D eigenvalue weighted by molar-refractivity contribution is 0.616. The van der Waals surface area contributed by atoms with Crippen LogP contribution in [0.5, 0.6) is 0 Å². The third-order valence-corrected chi connectivity index (χ3v) is 3.42. The van der Waals surface area contributed by atoms with E-state index in [0.29, 0.717) is 16.9 Å². The molecule has 3 nitrogen and oxygen atoms in total. The van der Waals surface area contributed by atoms with Gasteiger partial charge in [-0.1, -0.05) is 17.8 Å². The number of aromatic nitrogens is 2. The highest BCUT2D eigenvalue weighted by atomic mass is 32.2. The molecule has 1 heterocycles. The summed E-state index contributed by atoms with van der Waals surface area (Å²) in [7, 11) is 1.89. The van der Waals surface area contributed by atoms with Crippen LogP contribution < -0.4 is 0 Å². The minimum atomic E-state index is -0.342. The largest absolute Gasteiger partial charge is 0.329 e. The number of thioether (sulfide) groups is 1. The van der Waals surface area contributed by atoms with E-state index in [1.165, 1.54) is 17.8 Å². The summed E-state index contributed by atoms with van der Waals surface area (Å²) in [4.78, 5) is 4.15.